The number of hydrogen-bond acceptors (Lipinski definition) is 2. The second-order valence-corrected chi connectivity index (χ2v) is 4.14. The monoisotopic (exact) mass is 194 g/mol. The lowest BCUT2D eigenvalue weighted by atomic mass is 9.90. The first-order valence-electron chi connectivity index (χ1n) is 4.75. The molecule has 2 nitrogen and oxygen atoms in total. The van der Waals surface area contributed by atoms with Gasteiger partial charge in [-0.15, -0.1) is 0 Å². The van der Waals surface area contributed by atoms with Crippen molar-refractivity contribution in [3.05, 3.63) is 28.8 Å². The van der Waals surface area contributed by atoms with Crippen molar-refractivity contribution < 1.29 is 9.84 Å². The van der Waals surface area contributed by atoms with Gasteiger partial charge in [-0.1, -0.05) is 6.07 Å². The van der Waals surface area contributed by atoms with E-state index in [4.69, 9.17) is 4.74 Å². The Morgan fingerprint density at radius 1 is 1.21 bits per heavy atom. The van der Waals surface area contributed by atoms with E-state index in [0.717, 1.165) is 16.9 Å². The SMILES string of the molecule is COc1ccc(C)c(C)c1C(C)(C)O. The van der Waals surface area contributed by atoms with E-state index in [-0.39, 0.29) is 0 Å². The van der Waals surface area contributed by atoms with Gasteiger partial charge in [0.05, 0.1) is 12.7 Å². The van der Waals surface area contributed by atoms with Crippen molar-refractivity contribution in [3.8, 4) is 5.75 Å². The number of rotatable bonds is 2. The second kappa shape index (κ2) is 3.62. The summed E-state index contributed by atoms with van der Waals surface area (Å²) in [5.41, 5.74) is 2.28. The Labute approximate surface area is 85.5 Å². The molecule has 0 fully saturated rings. The standard InChI is InChI=1S/C12H18O2/c1-8-6-7-10(14-5)11(9(8)2)12(3,4)13/h6-7,13H,1-5H3. The van der Waals surface area contributed by atoms with E-state index in [1.165, 1.54) is 5.56 Å². The Morgan fingerprint density at radius 2 is 1.79 bits per heavy atom. The third-order valence-corrected chi connectivity index (χ3v) is 2.53. The zero-order valence-electron chi connectivity index (χ0n) is 9.51. The van der Waals surface area contributed by atoms with Gasteiger partial charge in [0.25, 0.3) is 0 Å². The third-order valence-electron chi connectivity index (χ3n) is 2.53. The number of aliphatic hydroxyl groups is 1. The van der Waals surface area contributed by atoms with E-state index in [1.807, 2.05) is 26.0 Å². The molecule has 0 spiro atoms. The third kappa shape index (κ3) is 1.90. The van der Waals surface area contributed by atoms with E-state index in [0.29, 0.717) is 0 Å². The minimum Gasteiger partial charge on any atom is -0.496 e. The van der Waals surface area contributed by atoms with Gasteiger partial charge < -0.3 is 9.84 Å². The molecule has 0 bridgehead atoms. The van der Waals surface area contributed by atoms with E-state index in [2.05, 4.69) is 0 Å². The highest BCUT2D eigenvalue weighted by Crippen LogP contribution is 2.33. The van der Waals surface area contributed by atoms with Crippen LogP contribution < -0.4 is 4.74 Å². The van der Waals surface area contributed by atoms with Crippen LogP contribution in [0.2, 0.25) is 0 Å². The molecule has 1 N–H and O–H groups in total. The summed E-state index contributed by atoms with van der Waals surface area (Å²) < 4.78 is 5.25. The molecule has 0 saturated carbocycles. The van der Waals surface area contributed by atoms with Gasteiger partial charge in [-0.05, 0) is 44.9 Å². The van der Waals surface area contributed by atoms with Crippen LogP contribution in [0.15, 0.2) is 12.1 Å². The molecule has 0 saturated heterocycles. The van der Waals surface area contributed by atoms with E-state index in [9.17, 15) is 5.11 Å². The summed E-state index contributed by atoms with van der Waals surface area (Å²) >= 11 is 0. The Hall–Kier alpha value is -1.02. The molecule has 1 aromatic carbocycles. The molecule has 78 valence electrons. The summed E-state index contributed by atoms with van der Waals surface area (Å²) in [6, 6.07) is 3.90. The van der Waals surface area contributed by atoms with Gasteiger partial charge in [0, 0.05) is 5.56 Å². The maximum Gasteiger partial charge on any atom is 0.125 e. The molecule has 0 aliphatic rings. The van der Waals surface area contributed by atoms with E-state index < -0.39 is 5.60 Å². The van der Waals surface area contributed by atoms with Crippen LogP contribution >= 0.6 is 0 Å². The molecule has 0 amide bonds. The molecule has 1 aromatic rings. The summed E-state index contributed by atoms with van der Waals surface area (Å²) in [6.07, 6.45) is 0. The Morgan fingerprint density at radius 3 is 2.21 bits per heavy atom. The predicted octanol–water partition coefficient (Wildman–Crippen LogP) is 2.54. The van der Waals surface area contributed by atoms with Gasteiger partial charge >= 0.3 is 0 Å². The summed E-state index contributed by atoms with van der Waals surface area (Å²) in [7, 11) is 1.62. The average molecular weight is 194 g/mol. The molecule has 2 heteroatoms. The summed E-state index contributed by atoms with van der Waals surface area (Å²) in [5.74, 6) is 0.751. The van der Waals surface area contributed by atoms with Crippen molar-refractivity contribution in [1.82, 2.24) is 0 Å². The summed E-state index contributed by atoms with van der Waals surface area (Å²) in [4.78, 5) is 0. The van der Waals surface area contributed by atoms with Crippen LogP contribution in [0.3, 0.4) is 0 Å². The zero-order chi connectivity index (χ0) is 10.9. The van der Waals surface area contributed by atoms with Crippen molar-refractivity contribution in [3.63, 3.8) is 0 Å². The van der Waals surface area contributed by atoms with Crippen LogP contribution in [0.5, 0.6) is 5.75 Å². The highest BCUT2D eigenvalue weighted by Gasteiger charge is 2.23. The molecule has 14 heavy (non-hydrogen) atoms. The molecule has 0 atom stereocenters. The van der Waals surface area contributed by atoms with Crippen LogP contribution in [0.1, 0.15) is 30.5 Å². The molecular formula is C12H18O2. The quantitative estimate of drug-likeness (QED) is 0.784. The van der Waals surface area contributed by atoms with Gasteiger partial charge in [-0.3, -0.25) is 0 Å². The van der Waals surface area contributed by atoms with Crippen LogP contribution in [0.4, 0.5) is 0 Å². The van der Waals surface area contributed by atoms with E-state index in [1.54, 1.807) is 21.0 Å². The maximum absolute atomic E-state index is 10.0. The number of aryl methyl sites for hydroxylation is 1. The Kier molecular flexibility index (Phi) is 2.86. The fourth-order valence-electron chi connectivity index (χ4n) is 1.72. The van der Waals surface area contributed by atoms with Gasteiger partial charge in [0.1, 0.15) is 5.75 Å². The largest absolute Gasteiger partial charge is 0.496 e. The lowest BCUT2D eigenvalue weighted by Gasteiger charge is -2.24. The normalized spacial score (nSPS) is 11.6. The molecule has 0 aliphatic heterocycles. The van der Waals surface area contributed by atoms with Gasteiger partial charge in [0.2, 0.25) is 0 Å². The van der Waals surface area contributed by atoms with Crippen molar-refractivity contribution >= 4 is 0 Å². The molecule has 0 heterocycles. The Balaban J connectivity index is 3.44. The predicted molar refractivity (Wildman–Crippen MR) is 57.7 cm³/mol. The summed E-state index contributed by atoms with van der Waals surface area (Å²) in [5, 5.41) is 10.0. The number of benzene rings is 1. The van der Waals surface area contributed by atoms with Crippen LogP contribution in [0.25, 0.3) is 0 Å². The zero-order valence-corrected chi connectivity index (χ0v) is 9.51. The molecular weight excluding hydrogens is 176 g/mol. The van der Waals surface area contributed by atoms with Gasteiger partial charge in [0.15, 0.2) is 0 Å². The fraction of sp³-hybridized carbons (Fsp3) is 0.500. The lowest BCUT2D eigenvalue weighted by molar-refractivity contribution is 0.0749. The highest BCUT2D eigenvalue weighted by molar-refractivity contribution is 5.46. The molecule has 0 aliphatic carbocycles. The van der Waals surface area contributed by atoms with Crippen molar-refractivity contribution in [2.24, 2.45) is 0 Å². The van der Waals surface area contributed by atoms with Crippen molar-refractivity contribution in [1.29, 1.82) is 0 Å². The minimum absolute atomic E-state index is 0.751. The molecule has 1 rings (SSSR count). The maximum atomic E-state index is 10.0. The van der Waals surface area contributed by atoms with Crippen molar-refractivity contribution in [2.45, 2.75) is 33.3 Å². The lowest BCUT2D eigenvalue weighted by Crippen LogP contribution is -2.19. The Bertz CT molecular complexity index is 335. The average Bonchev–Trinajstić information content (AvgIpc) is 2.07. The van der Waals surface area contributed by atoms with Crippen LogP contribution in [0, 0.1) is 13.8 Å². The van der Waals surface area contributed by atoms with E-state index >= 15 is 0 Å². The summed E-state index contributed by atoms with van der Waals surface area (Å²) in [6.45, 7) is 7.59. The first-order chi connectivity index (χ1) is 6.38. The molecule has 0 unspecified atom stereocenters. The number of hydrogen-bond donors (Lipinski definition) is 1. The number of ether oxygens (including phenoxy) is 1. The topological polar surface area (TPSA) is 29.5 Å². The smallest absolute Gasteiger partial charge is 0.125 e. The minimum atomic E-state index is -0.860. The molecule has 0 radical (unpaired) electrons. The van der Waals surface area contributed by atoms with Crippen LogP contribution in [-0.2, 0) is 5.60 Å². The highest BCUT2D eigenvalue weighted by atomic mass is 16.5. The number of methoxy groups -OCH3 is 1. The second-order valence-electron chi connectivity index (χ2n) is 4.14. The molecule has 0 aromatic heterocycles. The first kappa shape index (κ1) is 11.1. The van der Waals surface area contributed by atoms with Gasteiger partial charge in [-0.25, -0.2) is 0 Å². The fourth-order valence-corrected chi connectivity index (χ4v) is 1.72. The first-order valence-corrected chi connectivity index (χ1v) is 4.75. The van der Waals surface area contributed by atoms with Gasteiger partial charge in [-0.2, -0.15) is 0 Å². The van der Waals surface area contributed by atoms with Crippen molar-refractivity contribution in [2.75, 3.05) is 7.11 Å². The van der Waals surface area contributed by atoms with Crippen LogP contribution in [-0.4, -0.2) is 12.2 Å².